The van der Waals surface area contributed by atoms with Gasteiger partial charge in [0.05, 0.1) is 6.20 Å². The largest absolute Gasteiger partial charge is 0.487 e. The Balaban J connectivity index is 2.15. The van der Waals surface area contributed by atoms with E-state index in [-0.39, 0.29) is 5.84 Å². The average molecular weight is 261 g/mol. The molecule has 1 aromatic heterocycles. The Labute approximate surface area is 110 Å². The van der Waals surface area contributed by atoms with E-state index >= 15 is 0 Å². The maximum absolute atomic E-state index is 8.66. The molecule has 0 aliphatic rings. The Kier molecular flexibility index (Phi) is 3.65. The molecule has 0 saturated carbocycles. The maximum Gasteiger partial charge on any atom is 0.170 e. The van der Waals surface area contributed by atoms with E-state index in [1.165, 1.54) is 0 Å². The van der Waals surface area contributed by atoms with Gasteiger partial charge < -0.3 is 15.7 Å². The predicted octanol–water partition coefficient (Wildman–Crippen LogP) is 0.797. The van der Waals surface area contributed by atoms with Crippen molar-refractivity contribution in [3.05, 3.63) is 41.2 Å². The number of aryl methyl sites for hydroxylation is 2. The second-order valence-corrected chi connectivity index (χ2v) is 4.14. The van der Waals surface area contributed by atoms with E-state index in [4.69, 9.17) is 15.7 Å². The van der Waals surface area contributed by atoms with Crippen LogP contribution in [-0.2, 0) is 13.7 Å². The third-order valence-electron chi connectivity index (χ3n) is 2.62. The second kappa shape index (κ2) is 5.38. The SMILES string of the molecule is Cc1ccc(/C(N)=N/O)cc1OCc1cn(C)nn1. The molecule has 0 radical (unpaired) electrons. The van der Waals surface area contributed by atoms with Gasteiger partial charge in [0.1, 0.15) is 18.1 Å². The molecule has 2 aromatic rings. The molecule has 0 aliphatic heterocycles. The lowest BCUT2D eigenvalue weighted by Crippen LogP contribution is -2.13. The fraction of sp³-hybridized carbons (Fsp3) is 0.250. The number of rotatable bonds is 4. The van der Waals surface area contributed by atoms with Gasteiger partial charge in [-0.05, 0) is 18.6 Å². The van der Waals surface area contributed by atoms with Gasteiger partial charge in [-0.1, -0.05) is 22.5 Å². The number of ether oxygens (including phenoxy) is 1. The van der Waals surface area contributed by atoms with Crippen LogP contribution in [0, 0.1) is 6.92 Å². The molecule has 0 unspecified atom stereocenters. The van der Waals surface area contributed by atoms with Gasteiger partial charge in [-0.2, -0.15) is 0 Å². The van der Waals surface area contributed by atoms with Crippen LogP contribution >= 0.6 is 0 Å². The van der Waals surface area contributed by atoms with E-state index in [0.717, 1.165) is 11.3 Å². The molecule has 0 amide bonds. The van der Waals surface area contributed by atoms with Gasteiger partial charge in [-0.3, -0.25) is 4.68 Å². The van der Waals surface area contributed by atoms with Crippen LogP contribution in [0.25, 0.3) is 0 Å². The van der Waals surface area contributed by atoms with Crippen molar-refractivity contribution in [2.24, 2.45) is 17.9 Å². The van der Waals surface area contributed by atoms with Gasteiger partial charge in [-0.15, -0.1) is 5.10 Å². The first-order valence-corrected chi connectivity index (χ1v) is 5.66. The number of amidine groups is 1. The molecule has 7 heteroatoms. The highest BCUT2D eigenvalue weighted by Crippen LogP contribution is 2.20. The summed E-state index contributed by atoms with van der Waals surface area (Å²) in [5.74, 6) is 0.708. The van der Waals surface area contributed by atoms with Crippen LogP contribution in [0.1, 0.15) is 16.8 Å². The van der Waals surface area contributed by atoms with E-state index in [9.17, 15) is 0 Å². The molecule has 2 rings (SSSR count). The first kappa shape index (κ1) is 12.9. The summed E-state index contributed by atoms with van der Waals surface area (Å²) in [6.07, 6.45) is 1.78. The van der Waals surface area contributed by atoms with E-state index in [1.54, 1.807) is 30.1 Å². The van der Waals surface area contributed by atoms with Gasteiger partial charge in [0, 0.05) is 12.6 Å². The monoisotopic (exact) mass is 261 g/mol. The highest BCUT2D eigenvalue weighted by molar-refractivity contribution is 5.97. The van der Waals surface area contributed by atoms with Crippen LogP contribution in [0.4, 0.5) is 0 Å². The van der Waals surface area contributed by atoms with Crippen LogP contribution in [-0.4, -0.2) is 26.0 Å². The molecule has 0 aliphatic carbocycles. The zero-order valence-corrected chi connectivity index (χ0v) is 10.7. The number of benzene rings is 1. The summed E-state index contributed by atoms with van der Waals surface area (Å²) < 4.78 is 7.27. The molecule has 7 nitrogen and oxygen atoms in total. The lowest BCUT2D eigenvalue weighted by atomic mass is 10.1. The van der Waals surface area contributed by atoms with Gasteiger partial charge in [0.15, 0.2) is 5.84 Å². The minimum Gasteiger partial charge on any atom is -0.487 e. The average Bonchev–Trinajstić information content (AvgIpc) is 2.82. The van der Waals surface area contributed by atoms with Crippen molar-refractivity contribution in [1.82, 2.24) is 15.0 Å². The number of nitrogens with two attached hydrogens (primary N) is 1. The van der Waals surface area contributed by atoms with E-state index < -0.39 is 0 Å². The highest BCUT2D eigenvalue weighted by atomic mass is 16.5. The van der Waals surface area contributed by atoms with Crippen molar-refractivity contribution >= 4 is 5.84 Å². The molecule has 0 atom stereocenters. The molecule has 100 valence electrons. The molecule has 19 heavy (non-hydrogen) atoms. The Morgan fingerprint density at radius 2 is 2.32 bits per heavy atom. The summed E-state index contributed by atoms with van der Waals surface area (Å²) >= 11 is 0. The van der Waals surface area contributed by atoms with Crippen LogP contribution in [0.5, 0.6) is 5.75 Å². The van der Waals surface area contributed by atoms with Gasteiger partial charge in [0.2, 0.25) is 0 Å². The van der Waals surface area contributed by atoms with E-state index in [0.29, 0.717) is 17.9 Å². The summed E-state index contributed by atoms with van der Waals surface area (Å²) in [6.45, 7) is 2.23. The van der Waals surface area contributed by atoms with Crippen LogP contribution < -0.4 is 10.5 Å². The Bertz CT molecular complexity index is 606. The Morgan fingerprint density at radius 3 is 2.95 bits per heavy atom. The number of hydrogen-bond donors (Lipinski definition) is 2. The Morgan fingerprint density at radius 1 is 1.53 bits per heavy atom. The first-order chi connectivity index (χ1) is 9.10. The molecular formula is C12H15N5O2. The third kappa shape index (κ3) is 3.01. The standard InChI is InChI=1S/C12H15N5O2/c1-8-3-4-9(12(13)15-18)5-11(8)19-7-10-6-17(2)16-14-10/h3-6,18H,7H2,1-2H3,(H2,13,15). The third-order valence-corrected chi connectivity index (χ3v) is 2.62. The fourth-order valence-electron chi connectivity index (χ4n) is 1.59. The summed E-state index contributed by atoms with van der Waals surface area (Å²) in [5.41, 5.74) is 7.83. The highest BCUT2D eigenvalue weighted by Gasteiger charge is 2.06. The maximum atomic E-state index is 8.66. The first-order valence-electron chi connectivity index (χ1n) is 5.66. The van der Waals surface area contributed by atoms with Crippen molar-refractivity contribution in [3.63, 3.8) is 0 Å². The molecule has 3 N–H and O–H groups in total. The second-order valence-electron chi connectivity index (χ2n) is 4.14. The van der Waals surface area contributed by atoms with Crippen molar-refractivity contribution in [2.45, 2.75) is 13.5 Å². The van der Waals surface area contributed by atoms with Crippen molar-refractivity contribution in [3.8, 4) is 5.75 Å². The lowest BCUT2D eigenvalue weighted by molar-refractivity contribution is 0.299. The van der Waals surface area contributed by atoms with Gasteiger partial charge in [0.25, 0.3) is 0 Å². The molecule has 0 spiro atoms. The number of hydrogen-bond acceptors (Lipinski definition) is 5. The van der Waals surface area contributed by atoms with Crippen LogP contribution in [0.2, 0.25) is 0 Å². The summed E-state index contributed by atoms with van der Waals surface area (Å²) in [4.78, 5) is 0. The lowest BCUT2D eigenvalue weighted by Gasteiger charge is -2.09. The fourth-order valence-corrected chi connectivity index (χ4v) is 1.59. The van der Waals surface area contributed by atoms with Gasteiger partial charge >= 0.3 is 0 Å². The normalized spacial score (nSPS) is 11.6. The van der Waals surface area contributed by atoms with Crippen LogP contribution in [0.15, 0.2) is 29.6 Å². The quantitative estimate of drug-likeness (QED) is 0.367. The number of aromatic nitrogens is 3. The molecule has 0 fully saturated rings. The molecule has 0 saturated heterocycles. The van der Waals surface area contributed by atoms with E-state index in [2.05, 4.69) is 15.5 Å². The van der Waals surface area contributed by atoms with Gasteiger partial charge in [-0.25, -0.2) is 0 Å². The molecule has 1 heterocycles. The van der Waals surface area contributed by atoms with E-state index in [1.807, 2.05) is 13.0 Å². The topological polar surface area (TPSA) is 98.6 Å². The minimum atomic E-state index is 0.0457. The molecular weight excluding hydrogens is 246 g/mol. The smallest absolute Gasteiger partial charge is 0.170 e. The summed E-state index contributed by atoms with van der Waals surface area (Å²) in [7, 11) is 1.79. The van der Waals surface area contributed by atoms with Crippen molar-refractivity contribution in [1.29, 1.82) is 0 Å². The number of nitrogens with zero attached hydrogens (tertiary/aromatic N) is 4. The summed E-state index contributed by atoms with van der Waals surface area (Å²) in [5, 5.41) is 19.4. The predicted molar refractivity (Wildman–Crippen MR) is 69.0 cm³/mol. The van der Waals surface area contributed by atoms with Crippen LogP contribution in [0.3, 0.4) is 0 Å². The van der Waals surface area contributed by atoms with Crippen molar-refractivity contribution in [2.75, 3.05) is 0 Å². The molecule has 0 bridgehead atoms. The zero-order valence-electron chi connectivity index (χ0n) is 10.7. The Hall–Kier alpha value is -2.57. The number of oxime groups is 1. The molecule has 1 aromatic carbocycles. The minimum absolute atomic E-state index is 0.0457. The summed E-state index contributed by atoms with van der Waals surface area (Å²) in [6, 6.07) is 5.33. The zero-order chi connectivity index (χ0) is 13.8. The van der Waals surface area contributed by atoms with Crippen molar-refractivity contribution < 1.29 is 9.94 Å².